The van der Waals surface area contributed by atoms with Crippen LogP contribution in [-0.4, -0.2) is 22.8 Å². The first-order valence-corrected chi connectivity index (χ1v) is 6.55. The number of anilines is 1. The first-order chi connectivity index (χ1) is 9.50. The molecular formula is C16H19N3O. The van der Waals surface area contributed by atoms with Gasteiger partial charge in [0.2, 0.25) is 0 Å². The van der Waals surface area contributed by atoms with E-state index in [0.717, 1.165) is 5.56 Å². The Hall–Kier alpha value is -2.36. The van der Waals surface area contributed by atoms with Crippen molar-refractivity contribution >= 4 is 11.6 Å². The molecule has 104 valence electrons. The first-order valence-electron chi connectivity index (χ1n) is 6.55. The molecule has 1 aromatic carbocycles. The number of benzene rings is 1. The van der Waals surface area contributed by atoms with E-state index in [-0.39, 0.29) is 11.9 Å². The van der Waals surface area contributed by atoms with Crippen LogP contribution in [0.5, 0.6) is 0 Å². The number of pyridine rings is 1. The van der Waals surface area contributed by atoms with E-state index < -0.39 is 0 Å². The SMILES string of the molecule is Cc1ncc(N)cc1C(=O)N(C)C(C)c1ccccc1. The Morgan fingerprint density at radius 1 is 1.30 bits per heavy atom. The third-order valence-electron chi connectivity index (χ3n) is 3.52. The van der Waals surface area contributed by atoms with Crippen LogP contribution in [0, 0.1) is 6.92 Å². The van der Waals surface area contributed by atoms with E-state index in [9.17, 15) is 4.79 Å². The molecule has 1 amide bonds. The number of carbonyl (C=O) groups is 1. The van der Waals surface area contributed by atoms with Crippen molar-refractivity contribution in [3.05, 3.63) is 59.4 Å². The van der Waals surface area contributed by atoms with Gasteiger partial charge >= 0.3 is 0 Å². The van der Waals surface area contributed by atoms with Crippen LogP contribution in [0.25, 0.3) is 0 Å². The first kappa shape index (κ1) is 14.1. The molecule has 4 heteroatoms. The number of amides is 1. The summed E-state index contributed by atoms with van der Waals surface area (Å²) in [6.07, 6.45) is 1.56. The number of nitrogen functional groups attached to an aromatic ring is 1. The molecule has 1 atom stereocenters. The minimum atomic E-state index is -0.0707. The van der Waals surface area contributed by atoms with E-state index in [4.69, 9.17) is 5.73 Å². The zero-order chi connectivity index (χ0) is 14.7. The van der Waals surface area contributed by atoms with Crippen molar-refractivity contribution in [2.24, 2.45) is 0 Å². The molecule has 1 aromatic heterocycles. The lowest BCUT2D eigenvalue weighted by molar-refractivity contribution is 0.0741. The maximum atomic E-state index is 12.6. The van der Waals surface area contributed by atoms with Gasteiger partial charge in [-0.2, -0.15) is 0 Å². The lowest BCUT2D eigenvalue weighted by Gasteiger charge is -2.26. The standard InChI is InChI=1S/C16H19N3O/c1-11-15(9-14(17)10-18-11)16(20)19(3)12(2)13-7-5-4-6-8-13/h4-10,12H,17H2,1-3H3. The summed E-state index contributed by atoms with van der Waals surface area (Å²) in [4.78, 5) is 18.4. The molecule has 1 unspecified atom stereocenters. The van der Waals surface area contributed by atoms with Crippen molar-refractivity contribution in [2.45, 2.75) is 19.9 Å². The van der Waals surface area contributed by atoms with Crippen molar-refractivity contribution in [2.75, 3.05) is 12.8 Å². The van der Waals surface area contributed by atoms with Crippen molar-refractivity contribution in [1.82, 2.24) is 9.88 Å². The summed E-state index contributed by atoms with van der Waals surface area (Å²) in [6, 6.07) is 11.6. The molecule has 0 spiro atoms. The minimum Gasteiger partial charge on any atom is -0.397 e. The van der Waals surface area contributed by atoms with Crippen molar-refractivity contribution in [3.8, 4) is 0 Å². The normalized spacial score (nSPS) is 11.9. The smallest absolute Gasteiger partial charge is 0.256 e. The number of nitrogens with zero attached hydrogens (tertiary/aromatic N) is 2. The fraction of sp³-hybridized carbons (Fsp3) is 0.250. The van der Waals surface area contributed by atoms with E-state index in [0.29, 0.717) is 16.9 Å². The van der Waals surface area contributed by atoms with E-state index >= 15 is 0 Å². The number of nitrogens with two attached hydrogens (primary N) is 1. The average molecular weight is 269 g/mol. The Labute approximate surface area is 119 Å². The van der Waals surface area contributed by atoms with Gasteiger partial charge in [-0.1, -0.05) is 30.3 Å². The van der Waals surface area contributed by atoms with Gasteiger partial charge in [0.25, 0.3) is 5.91 Å². The van der Waals surface area contributed by atoms with Crippen LogP contribution in [0.1, 0.15) is 34.6 Å². The molecule has 4 nitrogen and oxygen atoms in total. The minimum absolute atomic E-state index is 0.00969. The second-order valence-electron chi connectivity index (χ2n) is 4.90. The Kier molecular flexibility index (Phi) is 4.03. The van der Waals surface area contributed by atoms with E-state index in [1.807, 2.05) is 44.2 Å². The maximum Gasteiger partial charge on any atom is 0.256 e. The second kappa shape index (κ2) is 5.74. The molecule has 2 aromatic rings. The van der Waals surface area contributed by atoms with Crippen LogP contribution in [0.2, 0.25) is 0 Å². The van der Waals surface area contributed by atoms with Crippen LogP contribution in [0.3, 0.4) is 0 Å². The Balaban J connectivity index is 2.27. The van der Waals surface area contributed by atoms with Crippen LogP contribution < -0.4 is 5.73 Å². The number of hydrogen-bond donors (Lipinski definition) is 1. The highest BCUT2D eigenvalue weighted by Gasteiger charge is 2.20. The van der Waals surface area contributed by atoms with Crippen LogP contribution >= 0.6 is 0 Å². The largest absolute Gasteiger partial charge is 0.397 e. The molecule has 1 heterocycles. The van der Waals surface area contributed by atoms with E-state index in [2.05, 4.69) is 4.98 Å². The summed E-state index contributed by atoms with van der Waals surface area (Å²) in [5.41, 5.74) is 8.56. The van der Waals surface area contributed by atoms with Gasteiger partial charge in [-0.3, -0.25) is 9.78 Å². The summed E-state index contributed by atoms with van der Waals surface area (Å²) >= 11 is 0. The fourth-order valence-electron chi connectivity index (χ4n) is 2.09. The van der Waals surface area contributed by atoms with Gasteiger partial charge in [0.15, 0.2) is 0 Å². The molecule has 0 bridgehead atoms. The van der Waals surface area contributed by atoms with Crippen LogP contribution in [-0.2, 0) is 0 Å². The number of aromatic nitrogens is 1. The summed E-state index contributed by atoms with van der Waals surface area (Å²) < 4.78 is 0. The lowest BCUT2D eigenvalue weighted by atomic mass is 10.1. The van der Waals surface area contributed by atoms with E-state index in [1.165, 1.54) is 0 Å². The molecule has 0 saturated heterocycles. The molecule has 0 radical (unpaired) electrons. The zero-order valence-electron chi connectivity index (χ0n) is 12.0. The van der Waals surface area contributed by atoms with Gasteiger partial charge in [-0.15, -0.1) is 0 Å². The van der Waals surface area contributed by atoms with Gasteiger partial charge in [-0.05, 0) is 25.5 Å². The topological polar surface area (TPSA) is 59.2 Å². The molecule has 2 rings (SSSR count). The molecule has 0 saturated carbocycles. The van der Waals surface area contributed by atoms with Crippen LogP contribution in [0.15, 0.2) is 42.6 Å². The second-order valence-corrected chi connectivity index (χ2v) is 4.90. The summed E-state index contributed by atoms with van der Waals surface area (Å²) in [6.45, 7) is 3.82. The Morgan fingerprint density at radius 2 is 1.95 bits per heavy atom. The monoisotopic (exact) mass is 269 g/mol. The van der Waals surface area contributed by atoms with Gasteiger partial charge in [-0.25, -0.2) is 0 Å². The summed E-state index contributed by atoms with van der Waals surface area (Å²) in [7, 11) is 1.79. The predicted octanol–water partition coefficient (Wildman–Crippen LogP) is 2.81. The van der Waals surface area contributed by atoms with E-state index in [1.54, 1.807) is 24.2 Å². The maximum absolute atomic E-state index is 12.6. The van der Waals surface area contributed by atoms with Crippen molar-refractivity contribution in [3.63, 3.8) is 0 Å². The average Bonchev–Trinajstić information content (AvgIpc) is 2.48. The molecule has 2 N–H and O–H groups in total. The van der Waals surface area contributed by atoms with Crippen LogP contribution in [0.4, 0.5) is 5.69 Å². The van der Waals surface area contributed by atoms with Gasteiger partial charge in [0.1, 0.15) is 0 Å². The summed E-state index contributed by atoms with van der Waals surface area (Å²) in [5, 5.41) is 0. The third kappa shape index (κ3) is 2.79. The molecule has 0 fully saturated rings. The highest BCUT2D eigenvalue weighted by Crippen LogP contribution is 2.21. The highest BCUT2D eigenvalue weighted by molar-refractivity contribution is 5.96. The van der Waals surface area contributed by atoms with Crippen molar-refractivity contribution in [1.29, 1.82) is 0 Å². The number of hydrogen-bond acceptors (Lipinski definition) is 3. The number of aryl methyl sites for hydroxylation is 1. The quantitative estimate of drug-likeness (QED) is 0.932. The zero-order valence-corrected chi connectivity index (χ0v) is 12.0. The Bertz CT molecular complexity index is 610. The molecule has 0 aliphatic heterocycles. The molecule has 0 aliphatic carbocycles. The fourth-order valence-corrected chi connectivity index (χ4v) is 2.09. The third-order valence-corrected chi connectivity index (χ3v) is 3.52. The predicted molar refractivity (Wildman–Crippen MR) is 80.3 cm³/mol. The van der Waals surface area contributed by atoms with Crippen molar-refractivity contribution < 1.29 is 4.79 Å². The Morgan fingerprint density at radius 3 is 2.60 bits per heavy atom. The summed E-state index contributed by atoms with van der Waals surface area (Å²) in [5.74, 6) is -0.0707. The number of carbonyl (C=O) groups excluding carboxylic acids is 1. The lowest BCUT2D eigenvalue weighted by Crippen LogP contribution is -2.30. The number of rotatable bonds is 3. The molecule has 0 aliphatic rings. The van der Waals surface area contributed by atoms with Gasteiger partial charge < -0.3 is 10.6 Å². The van der Waals surface area contributed by atoms with Gasteiger partial charge in [0, 0.05) is 7.05 Å². The highest BCUT2D eigenvalue weighted by atomic mass is 16.2. The molecule has 20 heavy (non-hydrogen) atoms. The molecular weight excluding hydrogens is 250 g/mol. The van der Waals surface area contributed by atoms with Gasteiger partial charge in [0.05, 0.1) is 29.2 Å².